The molecule has 0 saturated carbocycles. The lowest BCUT2D eigenvalue weighted by molar-refractivity contribution is 1.07. The number of rotatable bonds is 8. The van der Waals surface area contributed by atoms with Crippen LogP contribution in [0.1, 0.15) is 0 Å². The van der Waals surface area contributed by atoms with Gasteiger partial charge in [0.05, 0.1) is 0 Å². The minimum absolute atomic E-state index is 0.618. The molecule has 0 amide bonds. The van der Waals surface area contributed by atoms with Gasteiger partial charge in [0.2, 0.25) is 0 Å². The molecule has 9 aromatic rings. The van der Waals surface area contributed by atoms with E-state index in [4.69, 9.17) is 15.0 Å². The summed E-state index contributed by atoms with van der Waals surface area (Å²) in [6.07, 6.45) is 0. The van der Waals surface area contributed by atoms with Gasteiger partial charge in [0.15, 0.2) is 17.5 Å². The number of hydrogen-bond donors (Lipinski definition) is 0. The Morgan fingerprint density at radius 1 is 0.185 bits per heavy atom. The highest BCUT2D eigenvalue weighted by molar-refractivity contribution is 5.87. The summed E-state index contributed by atoms with van der Waals surface area (Å²) >= 11 is 0. The SMILES string of the molecule is c1ccc(-c2ccc(-c3ccccc3-c3nc(-c4cccc(-c5ccccc5)c4)nc(-c4ccc(-c5ccccc5)cc4-c4ccccc4)n3)cc2)cc1. The Morgan fingerprint density at radius 3 is 1.13 bits per heavy atom. The zero-order chi connectivity index (χ0) is 36.1. The van der Waals surface area contributed by atoms with Gasteiger partial charge in [-0.2, -0.15) is 0 Å². The molecule has 0 aliphatic heterocycles. The highest BCUT2D eigenvalue weighted by Crippen LogP contribution is 2.38. The molecule has 8 aromatic carbocycles. The normalized spacial score (nSPS) is 11.0. The summed E-state index contributed by atoms with van der Waals surface area (Å²) in [4.78, 5) is 15.8. The molecule has 0 fully saturated rings. The summed E-state index contributed by atoms with van der Waals surface area (Å²) in [5, 5.41) is 0. The van der Waals surface area contributed by atoms with Crippen molar-refractivity contribution in [2.45, 2.75) is 0 Å². The molecule has 0 aliphatic rings. The topological polar surface area (TPSA) is 38.7 Å². The molecule has 0 spiro atoms. The van der Waals surface area contributed by atoms with Crippen LogP contribution < -0.4 is 0 Å². The molecule has 9 rings (SSSR count). The van der Waals surface area contributed by atoms with E-state index < -0.39 is 0 Å². The molecule has 1 heterocycles. The van der Waals surface area contributed by atoms with Gasteiger partial charge in [-0.05, 0) is 73.8 Å². The van der Waals surface area contributed by atoms with Gasteiger partial charge < -0.3 is 0 Å². The van der Waals surface area contributed by atoms with Crippen molar-refractivity contribution in [3.63, 3.8) is 0 Å². The Balaban J connectivity index is 1.23. The zero-order valence-electron chi connectivity index (χ0n) is 29.5. The fourth-order valence-electron chi connectivity index (χ4n) is 7.02. The third-order valence-electron chi connectivity index (χ3n) is 9.79. The van der Waals surface area contributed by atoms with Crippen LogP contribution in [0.2, 0.25) is 0 Å². The summed E-state index contributed by atoms with van der Waals surface area (Å²) in [6, 6.07) is 74.0. The Bertz CT molecular complexity index is 2670. The second kappa shape index (κ2) is 14.8. The summed E-state index contributed by atoms with van der Waals surface area (Å²) in [5.41, 5.74) is 14.0. The van der Waals surface area contributed by atoms with Crippen LogP contribution in [0.25, 0.3) is 89.8 Å². The van der Waals surface area contributed by atoms with Crippen LogP contribution in [0.15, 0.2) is 212 Å². The van der Waals surface area contributed by atoms with Gasteiger partial charge in [-0.15, -0.1) is 0 Å². The minimum atomic E-state index is 0.618. The number of hydrogen-bond acceptors (Lipinski definition) is 3. The summed E-state index contributed by atoms with van der Waals surface area (Å²) in [6.45, 7) is 0. The van der Waals surface area contributed by atoms with Crippen molar-refractivity contribution in [3.05, 3.63) is 212 Å². The van der Waals surface area contributed by atoms with E-state index in [0.29, 0.717) is 17.5 Å². The van der Waals surface area contributed by atoms with Crippen LogP contribution in [0.4, 0.5) is 0 Å². The van der Waals surface area contributed by atoms with Crippen LogP contribution in [0.5, 0.6) is 0 Å². The summed E-state index contributed by atoms with van der Waals surface area (Å²) < 4.78 is 0. The zero-order valence-corrected chi connectivity index (χ0v) is 29.5. The molecule has 0 bridgehead atoms. The fraction of sp³-hybridized carbons (Fsp3) is 0. The van der Waals surface area contributed by atoms with E-state index >= 15 is 0 Å². The van der Waals surface area contributed by atoms with E-state index in [-0.39, 0.29) is 0 Å². The Labute approximate surface area is 316 Å². The maximum atomic E-state index is 5.30. The molecule has 254 valence electrons. The number of benzene rings is 8. The van der Waals surface area contributed by atoms with Crippen LogP contribution in [0.3, 0.4) is 0 Å². The van der Waals surface area contributed by atoms with Gasteiger partial charge in [0, 0.05) is 16.7 Å². The first-order valence-corrected chi connectivity index (χ1v) is 18.2. The first kappa shape index (κ1) is 32.7. The molecule has 0 unspecified atom stereocenters. The lowest BCUT2D eigenvalue weighted by Crippen LogP contribution is -2.02. The molecule has 0 N–H and O–H groups in total. The van der Waals surface area contributed by atoms with Gasteiger partial charge >= 0.3 is 0 Å². The average molecular weight is 690 g/mol. The second-order valence-electron chi connectivity index (χ2n) is 13.2. The van der Waals surface area contributed by atoms with E-state index in [9.17, 15) is 0 Å². The van der Waals surface area contributed by atoms with Crippen molar-refractivity contribution < 1.29 is 0 Å². The number of aromatic nitrogens is 3. The van der Waals surface area contributed by atoms with Crippen molar-refractivity contribution in [2.24, 2.45) is 0 Å². The lowest BCUT2D eigenvalue weighted by atomic mass is 9.94. The smallest absolute Gasteiger partial charge is 0.164 e. The highest BCUT2D eigenvalue weighted by atomic mass is 15.0. The molecular weight excluding hydrogens is 655 g/mol. The fourth-order valence-corrected chi connectivity index (χ4v) is 7.02. The third kappa shape index (κ3) is 6.74. The third-order valence-corrected chi connectivity index (χ3v) is 9.79. The van der Waals surface area contributed by atoms with Crippen LogP contribution in [-0.2, 0) is 0 Å². The van der Waals surface area contributed by atoms with Crippen molar-refractivity contribution in [1.82, 2.24) is 15.0 Å². The average Bonchev–Trinajstić information content (AvgIpc) is 3.27. The maximum absolute atomic E-state index is 5.30. The Kier molecular flexibility index (Phi) is 8.94. The van der Waals surface area contributed by atoms with Crippen molar-refractivity contribution >= 4 is 0 Å². The maximum Gasteiger partial charge on any atom is 0.164 e. The number of nitrogens with zero attached hydrogens (tertiary/aromatic N) is 3. The van der Waals surface area contributed by atoms with E-state index in [1.165, 1.54) is 11.1 Å². The van der Waals surface area contributed by atoms with E-state index in [1.54, 1.807) is 0 Å². The lowest BCUT2D eigenvalue weighted by Gasteiger charge is -2.15. The van der Waals surface area contributed by atoms with E-state index in [1.807, 2.05) is 24.3 Å². The van der Waals surface area contributed by atoms with Crippen molar-refractivity contribution in [1.29, 1.82) is 0 Å². The molecule has 0 aliphatic carbocycles. The largest absolute Gasteiger partial charge is 0.208 e. The van der Waals surface area contributed by atoms with Gasteiger partial charge in [-0.25, -0.2) is 15.0 Å². The van der Waals surface area contributed by atoms with Crippen LogP contribution in [-0.4, -0.2) is 15.0 Å². The monoisotopic (exact) mass is 689 g/mol. The molecular formula is C51H35N3. The summed E-state index contributed by atoms with van der Waals surface area (Å²) in [5.74, 6) is 1.86. The Hall–Kier alpha value is -7.23. The molecule has 0 saturated heterocycles. The van der Waals surface area contributed by atoms with Gasteiger partial charge in [0.25, 0.3) is 0 Å². The van der Waals surface area contributed by atoms with Gasteiger partial charge in [-0.3, -0.25) is 0 Å². The van der Waals surface area contributed by atoms with Crippen LogP contribution in [0, 0.1) is 0 Å². The van der Waals surface area contributed by atoms with Gasteiger partial charge in [0.1, 0.15) is 0 Å². The predicted octanol–water partition coefficient (Wildman–Crippen LogP) is 13.2. The van der Waals surface area contributed by atoms with Gasteiger partial charge in [-0.1, -0.05) is 194 Å². The molecule has 1 aromatic heterocycles. The quantitative estimate of drug-likeness (QED) is 0.159. The van der Waals surface area contributed by atoms with Crippen LogP contribution >= 0.6 is 0 Å². The molecule has 3 nitrogen and oxygen atoms in total. The minimum Gasteiger partial charge on any atom is -0.208 e. The van der Waals surface area contributed by atoms with Crippen molar-refractivity contribution in [2.75, 3.05) is 0 Å². The highest BCUT2D eigenvalue weighted by Gasteiger charge is 2.19. The molecule has 0 radical (unpaired) electrons. The van der Waals surface area contributed by atoms with E-state index in [0.717, 1.165) is 61.2 Å². The first-order chi connectivity index (χ1) is 26.8. The van der Waals surface area contributed by atoms with Crippen molar-refractivity contribution in [3.8, 4) is 89.8 Å². The first-order valence-electron chi connectivity index (χ1n) is 18.2. The standard InChI is InChI=1S/C51H35N3/c1-5-16-36(17-6-1)39-28-30-41(31-29-39)45-26-13-14-27-46(45)50-52-49(44-25-15-24-42(34-44)37-18-7-2-8-19-37)53-51(54-50)47-33-32-43(38-20-9-3-10-21-38)35-48(47)40-22-11-4-12-23-40/h1-35H. The Morgan fingerprint density at radius 2 is 0.537 bits per heavy atom. The van der Waals surface area contributed by atoms with E-state index in [2.05, 4.69) is 188 Å². The second-order valence-corrected chi connectivity index (χ2v) is 13.2. The predicted molar refractivity (Wildman–Crippen MR) is 223 cm³/mol. The summed E-state index contributed by atoms with van der Waals surface area (Å²) in [7, 11) is 0. The molecule has 3 heteroatoms. The molecule has 0 atom stereocenters. The molecule has 54 heavy (non-hydrogen) atoms.